The standard InChI is InChI=1S/C17H15NO3S/c1-3-21-17(19)13(10-18)8-16-9-14(11-22-16)12-4-6-15(20-2)7-5-12/h4-9,11H,3H2,1-2H3/b13-8+. The molecule has 0 N–H and O–H groups in total. The highest BCUT2D eigenvalue weighted by Crippen LogP contribution is 2.28. The molecule has 0 saturated carbocycles. The van der Waals surface area contributed by atoms with Gasteiger partial charge in [-0.15, -0.1) is 11.3 Å². The van der Waals surface area contributed by atoms with Gasteiger partial charge in [0.25, 0.3) is 0 Å². The van der Waals surface area contributed by atoms with E-state index < -0.39 is 5.97 Å². The van der Waals surface area contributed by atoms with Gasteiger partial charge in [-0.3, -0.25) is 0 Å². The maximum Gasteiger partial charge on any atom is 0.348 e. The molecule has 4 nitrogen and oxygen atoms in total. The molecule has 0 fully saturated rings. The summed E-state index contributed by atoms with van der Waals surface area (Å²) in [5.74, 6) is 0.206. The van der Waals surface area contributed by atoms with E-state index in [1.807, 2.05) is 41.8 Å². The Morgan fingerprint density at radius 2 is 2.05 bits per heavy atom. The minimum Gasteiger partial charge on any atom is -0.497 e. The Hall–Kier alpha value is -2.58. The third-order valence-corrected chi connectivity index (χ3v) is 3.83. The fourth-order valence-corrected chi connectivity index (χ4v) is 2.70. The van der Waals surface area contributed by atoms with Crippen molar-refractivity contribution in [3.8, 4) is 22.9 Å². The molecular weight excluding hydrogens is 298 g/mol. The Kier molecular flexibility index (Phi) is 5.34. The Morgan fingerprint density at radius 3 is 2.64 bits per heavy atom. The lowest BCUT2D eigenvalue weighted by Gasteiger charge is -2.01. The zero-order chi connectivity index (χ0) is 15.9. The van der Waals surface area contributed by atoms with Crippen LogP contribution in [-0.4, -0.2) is 19.7 Å². The normalized spacial score (nSPS) is 10.9. The van der Waals surface area contributed by atoms with E-state index in [-0.39, 0.29) is 12.2 Å². The summed E-state index contributed by atoms with van der Waals surface area (Å²) in [6, 6.07) is 11.5. The number of methoxy groups -OCH3 is 1. The van der Waals surface area contributed by atoms with Gasteiger partial charge in [0.05, 0.1) is 13.7 Å². The fourth-order valence-electron chi connectivity index (χ4n) is 1.85. The van der Waals surface area contributed by atoms with Crippen LogP contribution >= 0.6 is 11.3 Å². The van der Waals surface area contributed by atoms with Crippen molar-refractivity contribution >= 4 is 23.4 Å². The van der Waals surface area contributed by atoms with Gasteiger partial charge in [-0.2, -0.15) is 5.26 Å². The molecule has 2 aromatic rings. The minimum absolute atomic E-state index is 0.00461. The van der Waals surface area contributed by atoms with Gasteiger partial charge in [-0.25, -0.2) is 4.79 Å². The van der Waals surface area contributed by atoms with Gasteiger partial charge in [0.15, 0.2) is 0 Å². The van der Waals surface area contributed by atoms with Gasteiger partial charge in [0.1, 0.15) is 17.4 Å². The van der Waals surface area contributed by atoms with Gasteiger partial charge in [-0.1, -0.05) is 12.1 Å². The van der Waals surface area contributed by atoms with Crippen LogP contribution in [0.5, 0.6) is 5.75 Å². The lowest BCUT2D eigenvalue weighted by molar-refractivity contribution is -0.137. The highest BCUT2D eigenvalue weighted by molar-refractivity contribution is 7.11. The van der Waals surface area contributed by atoms with Crippen LogP contribution in [0.15, 0.2) is 41.3 Å². The lowest BCUT2D eigenvalue weighted by Crippen LogP contribution is -2.05. The maximum atomic E-state index is 11.6. The minimum atomic E-state index is -0.593. The number of rotatable bonds is 5. The lowest BCUT2D eigenvalue weighted by atomic mass is 10.1. The largest absolute Gasteiger partial charge is 0.497 e. The van der Waals surface area contributed by atoms with Crippen molar-refractivity contribution < 1.29 is 14.3 Å². The number of hydrogen-bond acceptors (Lipinski definition) is 5. The van der Waals surface area contributed by atoms with E-state index >= 15 is 0 Å². The van der Waals surface area contributed by atoms with Crippen molar-refractivity contribution in [3.05, 3.63) is 46.2 Å². The Balaban J connectivity index is 2.23. The van der Waals surface area contributed by atoms with Crippen molar-refractivity contribution in [2.45, 2.75) is 6.92 Å². The molecule has 0 bridgehead atoms. The number of nitriles is 1. The van der Waals surface area contributed by atoms with E-state index in [9.17, 15) is 4.79 Å². The number of thiophene rings is 1. The molecule has 1 aromatic heterocycles. The van der Waals surface area contributed by atoms with Crippen molar-refractivity contribution in [3.63, 3.8) is 0 Å². The smallest absolute Gasteiger partial charge is 0.348 e. The predicted octanol–water partition coefficient (Wildman–Crippen LogP) is 3.89. The number of ether oxygens (including phenoxy) is 2. The summed E-state index contributed by atoms with van der Waals surface area (Å²) in [4.78, 5) is 12.4. The Labute approximate surface area is 133 Å². The van der Waals surface area contributed by atoms with Crippen LogP contribution in [-0.2, 0) is 9.53 Å². The van der Waals surface area contributed by atoms with Crippen molar-refractivity contribution in [1.82, 2.24) is 0 Å². The molecule has 22 heavy (non-hydrogen) atoms. The number of hydrogen-bond donors (Lipinski definition) is 0. The Bertz CT molecular complexity index is 723. The maximum absolute atomic E-state index is 11.6. The molecule has 0 aliphatic heterocycles. The van der Waals surface area contributed by atoms with E-state index in [0.717, 1.165) is 21.8 Å². The first-order valence-electron chi connectivity index (χ1n) is 6.69. The number of carbonyl (C=O) groups excluding carboxylic acids is 1. The first kappa shape index (κ1) is 15.8. The van der Waals surface area contributed by atoms with Crippen LogP contribution in [0, 0.1) is 11.3 Å². The molecule has 0 aliphatic rings. The second kappa shape index (κ2) is 7.43. The fraction of sp³-hybridized carbons (Fsp3) is 0.176. The topological polar surface area (TPSA) is 59.3 Å². The van der Waals surface area contributed by atoms with Crippen LogP contribution in [0.4, 0.5) is 0 Å². The average Bonchev–Trinajstić information content (AvgIpc) is 3.01. The highest BCUT2D eigenvalue weighted by atomic mass is 32.1. The zero-order valence-electron chi connectivity index (χ0n) is 12.3. The molecule has 1 aromatic carbocycles. The molecule has 0 atom stereocenters. The average molecular weight is 313 g/mol. The van der Waals surface area contributed by atoms with Gasteiger partial charge in [0.2, 0.25) is 0 Å². The quantitative estimate of drug-likeness (QED) is 0.477. The first-order chi connectivity index (χ1) is 10.7. The molecule has 0 aliphatic carbocycles. The highest BCUT2D eigenvalue weighted by Gasteiger charge is 2.10. The molecule has 0 amide bonds. The van der Waals surface area contributed by atoms with E-state index in [1.54, 1.807) is 20.1 Å². The van der Waals surface area contributed by atoms with Crippen LogP contribution in [0.2, 0.25) is 0 Å². The molecule has 112 valence electrons. The van der Waals surface area contributed by atoms with Crippen LogP contribution in [0.25, 0.3) is 17.2 Å². The van der Waals surface area contributed by atoms with Crippen molar-refractivity contribution in [2.75, 3.05) is 13.7 Å². The molecular formula is C17H15NO3S. The second-order valence-electron chi connectivity index (χ2n) is 4.36. The summed E-state index contributed by atoms with van der Waals surface area (Å²) in [7, 11) is 1.63. The third-order valence-electron chi connectivity index (χ3n) is 2.95. The monoisotopic (exact) mass is 313 g/mol. The molecule has 1 heterocycles. The predicted molar refractivity (Wildman–Crippen MR) is 86.5 cm³/mol. The first-order valence-corrected chi connectivity index (χ1v) is 7.57. The van der Waals surface area contributed by atoms with E-state index in [4.69, 9.17) is 14.7 Å². The Morgan fingerprint density at radius 1 is 1.32 bits per heavy atom. The number of carbonyl (C=O) groups is 1. The third kappa shape index (κ3) is 3.74. The van der Waals surface area contributed by atoms with Crippen molar-refractivity contribution in [2.24, 2.45) is 0 Å². The summed E-state index contributed by atoms with van der Waals surface area (Å²) >= 11 is 1.47. The van der Waals surface area contributed by atoms with Crippen LogP contribution < -0.4 is 4.74 Å². The number of nitrogens with zero attached hydrogens (tertiary/aromatic N) is 1. The molecule has 0 spiro atoms. The molecule has 0 saturated heterocycles. The molecule has 0 unspecified atom stereocenters. The summed E-state index contributed by atoms with van der Waals surface area (Å²) in [6.45, 7) is 1.96. The van der Waals surface area contributed by atoms with Gasteiger partial charge in [-0.05, 0) is 47.7 Å². The SMILES string of the molecule is CCOC(=O)/C(C#N)=C/c1cc(-c2ccc(OC)cc2)cs1. The molecule has 2 rings (SSSR count). The summed E-state index contributed by atoms with van der Waals surface area (Å²) in [6.07, 6.45) is 1.55. The van der Waals surface area contributed by atoms with E-state index in [0.29, 0.717) is 0 Å². The number of esters is 1. The van der Waals surface area contributed by atoms with Crippen LogP contribution in [0.3, 0.4) is 0 Å². The van der Waals surface area contributed by atoms with E-state index in [1.165, 1.54) is 11.3 Å². The summed E-state index contributed by atoms with van der Waals surface area (Å²) < 4.78 is 9.98. The van der Waals surface area contributed by atoms with Gasteiger partial charge >= 0.3 is 5.97 Å². The second-order valence-corrected chi connectivity index (χ2v) is 5.30. The van der Waals surface area contributed by atoms with Crippen molar-refractivity contribution in [1.29, 1.82) is 5.26 Å². The molecule has 5 heteroatoms. The van der Waals surface area contributed by atoms with Gasteiger partial charge < -0.3 is 9.47 Å². The molecule has 0 radical (unpaired) electrons. The summed E-state index contributed by atoms with van der Waals surface area (Å²) in [5.41, 5.74) is 2.08. The van der Waals surface area contributed by atoms with Crippen LogP contribution in [0.1, 0.15) is 11.8 Å². The van der Waals surface area contributed by atoms with E-state index in [2.05, 4.69) is 0 Å². The van der Waals surface area contributed by atoms with Gasteiger partial charge in [0, 0.05) is 4.88 Å². The summed E-state index contributed by atoms with van der Waals surface area (Å²) in [5, 5.41) is 11.0. The zero-order valence-corrected chi connectivity index (χ0v) is 13.1. The number of benzene rings is 1.